The van der Waals surface area contributed by atoms with Crippen LogP contribution in [0.3, 0.4) is 0 Å². The number of alkyl halides is 3. The van der Waals surface area contributed by atoms with E-state index in [2.05, 4.69) is 5.32 Å². The summed E-state index contributed by atoms with van der Waals surface area (Å²) in [5, 5.41) is 2.73. The van der Waals surface area contributed by atoms with Crippen molar-refractivity contribution < 1.29 is 18.0 Å². The van der Waals surface area contributed by atoms with Crippen molar-refractivity contribution in [3.63, 3.8) is 0 Å². The summed E-state index contributed by atoms with van der Waals surface area (Å²) < 4.78 is 38.5. The van der Waals surface area contributed by atoms with Crippen molar-refractivity contribution >= 4 is 5.91 Å². The third-order valence-electron chi connectivity index (χ3n) is 2.36. The van der Waals surface area contributed by atoms with Crippen molar-refractivity contribution in [2.75, 3.05) is 0 Å². The van der Waals surface area contributed by atoms with Gasteiger partial charge < -0.3 is 5.73 Å². The Hall–Kier alpha value is -1.56. The number of halogens is 3. The molecule has 3 nitrogen and oxygen atoms in total. The van der Waals surface area contributed by atoms with E-state index in [4.69, 9.17) is 5.73 Å². The fourth-order valence-corrected chi connectivity index (χ4v) is 1.67. The van der Waals surface area contributed by atoms with Gasteiger partial charge in [-0.05, 0) is 25.5 Å². The van der Waals surface area contributed by atoms with Crippen LogP contribution in [0.4, 0.5) is 13.2 Å². The maximum Gasteiger partial charge on any atom is 0.416 e. The highest BCUT2D eigenvalue weighted by molar-refractivity contribution is 5.82. The van der Waals surface area contributed by atoms with E-state index in [1.165, 1.54) is 18.2 Å². The van der Waals surface area contributed by atoms with E-state index in [1.54, 1.807) is 13.8 Å². The molecule has 1 rings (SSSR count). The molecule has 1 unspecified atom stereocenters. The Balaban J connectivity index is 3.24. The van der Waals surface area contributed by atoms with Gasteiger partial charge in [-0.15, -0.1) is 0 Å². The van der Waals surface area contributed by atoms with Crippen molar-refractivity contribution in [1.82, 2.24) is 5.32 Å². The molecule has 1 aromatic rings. The van der Waals surface area contributed by atoms with Crippen LogP contribution < -0.4 is 11.1 Å². The van der Waals surface area contributed by atoms with Crippen LogP contribution in [0.5, 0.6) is 0 Å². The van der Waals surface area contributed by atoms with Gasteiger partial charge in [0.05, 0.1) is 5.56 Å². The minimum Gasteiger partial charge on any atom is -0.368 e. The second-order valence-corrected chi connectivity index (χ2v) is 4.24. The molecule has 18 heavy (non-hydrogen) atoms. The lowest BCUT2D eigenvalue weighted by atomic mass is 9.99. The number of primary amides is 1. The van der Waals surface area contributed by atoms with Crippen LogP contribution in [0.25, 0.3) is 0 Å². The van der Waals surface area contributed by atoms with Crippen LogP contribution in [0.15, 0.2) is 24.3 Å². The van der Waals surface area contributed by atoms with Crippen molar-refractivity contribution in [3.8, 4) is 0 Å². The zero-order valence-corrected chi connectivity index (χ0v) is 10.1. The summed E-state index contributed by atoms with van der Waals surface area (Å²) in [6, 6.07) is 3.61. The Bertz CT molecular complexity index is 430. The van der Waals surface area contributed by atoms with Gasteiger partial charge in [0, 0.05) is 6.04 Å². The fraction of sp³-hybridized carbons (Fsp3) is 0.417. The highest BCUT2D eigenvalue weighted by Gasteiger charge is 2.36. The summed E-state index contributed by atoms with van der Waals surface area (Å²) in [5.74, 6) is -0.833. The number of hydrogen-bond donors (Lipinski definition) is 2. The number of rotatable bonds is 4. The predicted octanol–water partition coefficient (Wildman–Crippen LogP) is 2.23. The molecular weight excluding hydrogens is 245 g/mol. The van der Waals surface area contributed by atoms with Crippen molar-refractivity contribution in [1.29, 1.82) is 0 Å². The lowest BCUT2D eigenvalue weighted by Gasteiger charge is -2.22. The van der Waals surface area contributed by atoms with Crippen LogP contribution in [0.1, 0.15) is 31.0 Å². The Kier molecular flexibility index (Phi) is 4.34. The Morgan fingerprint density at radius 3 is 2.28 bits per heavy atom. The number of hydrogen-bond acceptors (Lipinski definition) is 2. The van der Waals surface area contributed by atoms with Gasteiger partial charge in [-0.25, -0.2) is 0 Å². The molecule has 0 saturated carbocycles. The van der Waals surface area contributed by atoms with Gasteiger partial charge in [0.1, 0.15) is 6.04 Å². The number of benzene rings is 1. The summed E-state index contributed by atoms with van der Waals surface area (Å²) in [6.07, 6.45) is -4.51. The number of amides is 1. The summed E-state index contributed by atoms with van der Waals surface area (Å²) in [6.45, 7) is 3.46. The molecule has 0 heterocycles. The third-order valence-corrected chi connectivity index (χ3v) is 2.36. The molecule has 0 aliphatic rings. The van der Waals surface area contributed by atoms with E-state index in [0.717, 1.165) is 6.07 Å². The molecule has 0 aliphatic heterocycles. The first-order chi connectivity index (χ1) is 8.23. The number of carbonyl (C=O) groups excluding carboxylic acids is 1. The highest BCUT2D eigenvalue weighted by Crippen LogP contribution is 2.34. The van der Waals surface area contributed by atoms with Gasteiger partial charge in [0.25, 0.3) is 0 Å². The van der Waals surface area contributed by atoms with E-state index >= 15 is 0 Å². The molecule has 100 valence electrons. The minimum absolute atomic E-state index is 0.147. The first-order valence-electron chi connectivity index (χ1n) is 5.45. The van der Waals surface area contributed by atoms with E-state index in [9.17, 15) is 18.0 Å². The topological polar surface area (TPSA) is 55.1 Å². The summed E-state index contributed by atoms with van der Waals surface area (Å²) in [5.41, 5.74) is 4.17. The van der Waals surface area contributed by atoms with Crippen molar-refractivity contribution in [3.05, 3.63) is 35.4 Å². The zero-order chi connectivity index (χ0) is 13.9. The van der Waals surface area contributed by atoms with Crippen LogP contribution >= 0.6 is 0 Å². The van der Waals surface area contributed by atoms with Crippen LogP contribution in [0.2, 0.25) is 0 Å². The molecule has 0 fully saturated rings. The zero-order valence-electron chi connectivity index (χ0n) is 10.1. The largest absolute Gasteiger partial charge is 0.416 e. The molecule has 1 atom stereocenters. The molecule has 1 aromatic carbocycles. The summed E-state index contributed by atoms with van der Waals surface area (Å²) in [4.78, 5) is 11.3. The standard InChI is InChI=1S/C12H15F3N2O/c1-7(2)17-10(11(16)18)8-5-3-4-6-9(8)12(13,14)15/h3-7,10,17H,1-2H3,(H2,16,18). The average Bonchev–Trinajstić information content (AvgIpc) is 2.24. The first-order valence-corrected chi connectivity index (χ1v) is 5.45. The fourth-order valence-electron chi connectivity index (χ4n) is 1.67. The lowest BCUT2D eigenvalue weighted by Crippen LogP contribution is -2.38. The highest BCUT2D eigenvalue weighted by atomic mass is 19.4. The monoisotopic (exact) mass is 260 g/mol. The molecule has 6 heteroatoms. The minimum atomic E-state index is -4.51. The smallest absolute Gasteiger partial charge is 0.368 e. The number of nitrogens with one attached hydrogen (secondary N) is 1. The van der Waals surface area contributed by atoms with Crippen molar-refractivity contribution in [2.24, 2.45) is 5.73 Å². The van der Waals surface area contributed by atoms with E-state index in [1.807, 2.05) is 0 Å². The maximum atomic E-state index is 12.8. The molecule has 1 amide bonds. The van der Waals surface area contributed by atoms with Crippen LogP contribution in [0, 0.1) is 0 Å². The maximum absolute atomic E-state index is 12.8. The molecule has 0 spiro atoms. The molecule has 0 saturated heterocycles. The summed E-state index contributed by atoms with van der Waals surface area (Å²) in [7, 11) is 0. The Morgan fingerprint density at radius 2 is 1.83 bits per heavy atom. The summed E-state index contributed by atoms with van der Waals surface area (Å²) >= 11 is 0. The molecule has 0 aliphatic carbocycles. The lowest BCUT2D eigenvalue weighted by molar-refractivity contribution is -0.138. The van der Waals surface area contributed by atoms with E-state index in [-0.39, 0.29) is 11.6 Å². The van der Waals surface area contributed by atoms with Gasteiger partial charge in [-0.2, -0.15) is 13.2 Å². The van der Waals surface area contributed by atoms with E-state index in [0.29, 0.717) is 0 Å². The third kappa shape index (κ3) is 3.46. The average molecular weight is 260 g/mol. The van der Waals surface area contributed by atoms with Crippen LogP contribution in [-0.4, -0.2) is 11.9 Å². The van der Waals surface area contributed by atoms with Crippen molar-refractivity contribution in [2.45, 2.75) is 32.1 Å². The van der Waals surface area contributed by atoms with Crippen LogP contribution in [-0.2, 0) is 11.0 Å². The van der Waals surface area contributed by atoms with Gasteiger partial charge in [-0.3, -0.25) is 10.1 Å². The Labute approximate surface area is 103 Å². The molecule has 0 radical (unpaired) electrons. The second kappa shape index (κ2) is 5.39. The SMILES string of the molecule is CC(C)NC(C(N)=O)c1ccccc1C(F)(F)F. The van der Waals surface area contributed by atoms with Gasteiger partial charge >= 0.3 is 6.18 Å². The normalized spacial score (nSPS) is 13.7. The second-order valence-electron chi connectivity index (χ2n) is 4.24. The number of nitrogens with two attached hydrogens (primary N) is 1. The van der Waals surface area contributed by atoms with E-state index < -0.39 is 23.7 Å². The van der Waals surface area contributed by atoms with Gasteiger partial charge in [-0.1, -0.05) is 18.2 Å². The number of carbonyl (C=O) groups is 1. The molecule has 3 N–H and O–H groups in total. The molecular formula is C12H15F3N2O. The van der Waals surface area contributed by atoms with Gasteiger partial charge in [0.2, 0.25) is 5.91 Å². The molecule has 0 bridgehead atoms. The van der Waals surface area contributed by atoms with Gasteiger partial charge in [0.15, 0.2) is 0 Å². The molecule has 0 aromatic heterocycles. The Morgan fingerprint density at radius 1 is 1.28 bits per heavy atom. The predicted molar refractivity (Wildman–Crippen MR) is 61.7 cm³/mol. The quantitative estimate of drug-likeness (QED) is 0.872. The first kappa shape index (κ1) is 14.5.